The average molecular weight is 382 g/mol. The van der Waals surface area contributed by atoms with Crippen molar-refractivity contribution in [3.05, 3.63) is 54.1 Å². The fraction of sp³-hybridized carbons (Fsp3) is 0.158. The van der Waals surface area contributed by atoms with Crippen LogP contribution in [0.1, 0.15) is 17.3 Å². The van der Waals surface area contributed by atoms with E-state index < -0.39 is 0 Å². The fourth-order valence-corrected chi connectivity index (χ4v) is 2.90. The predicted octanol–water partition coefficient (Wildman–Crippen LogP) is 3.41. The Morgan fingerprint density at radius 1 is 1.11 bits per heavy atom. The second-order valence-corrected chi connectivity index (χ2v) is 6.61. The maximum Gasteiger partial charge on any atom is 0.234 e. The number of H-pyrrole nitrogens is 1. The van der Waals surface area contributed by atoms with Crippen molar-refractivity contribution in [2.24, 2.45) is 0 Å². The number of hydrogen-bond donors (Lipinski definition) is 2. The number of anilines is 1. The van der Waals surface area contributed by atoms with Gasteiger partial charge in [0.2, 0.25) is 11.1 Å². The highest BCUT2D eigenvalue weighted by Gasteiger charge is 2.10. The molecular formula is C19H18N4O3S. The number of hydrogen-bond acceptors (Lipinski definition) is 6. The molecule has 8 heteroatoms. The summed E-state index contributed by atoms with van der Waals surface area (Å²) >= 11 is 1.23. The van der Waals surface area contributed by atoms with E-state index in [0.717, 1.165) is 11.3 Å². The van der Waals surface area contributed by atoms with Crippen LogP contribution in [-0.4, -0.2) is 39.7 Å². The van der Waals surface area contributed by atoms with Gasteiger partial charge in [0.25, 0.3) is 0 Å². The molecule has 0 aliphatic heterocycles. The molecule has 138 valence electrons. The predicted molar refractivity (Wildman–Crippen MR) is 104 cm³/mol. The highest BCUT2D eigenvalue weighted by Crippen LogP contribution is 2.22. The Kier molecular flexibility index (Phi) is 5.87. The third kappa shape index (κ3) is 4.95. The molecule has 0 aliphatic rings. The number of methoxy groups -OCH3 is 1. The van der Waals surface area contributed by atoms with E-state index in [0.29, 0.717) is 22.2 Å². The molecule has 1 amide bonds. The van der Waals surface area contributed by atoms with Crippen LogP contribution in [0.2, 0.25) is 0 Å². The molecule has 0 saturated carbocycles. The lowest BCUT2D eigenvalue weighted by molar-refractivity contribution is -0.113. The van der Waals surface area contributed by atoms with E-state index in [2.05, 4.69) is 20.5 Å². The molecule has 1 aromatic heterocycles. The first-order valence-electron chi connectivity index (χ1n) is 8.15. The number of amides is 1. The van der Waals surface area contributed by atoms with Crippen molar-refractivity contribution in [1.29, 1.82) is 0 Å². The lowest BCUT2D eigenvalue weighted by Gasteiger charge is -2.04. The fourth-order valence-electron chi connectivity index (χ4n) is 2.30. The number of carbonyl (C=O) groups excluding carboxylic acids is 2. The van der Waals surface area contributed by atoms with Crippen LogP contribution in [-0.2, 0) is 4.79 Å². The van der Waals surface area contributed by atoms with Crippen molar-refractivity contribution in [1.82, 2.24) is 15.2 Å². The molecule has 7 nitrogen and oxygen atoms in total. The number of ether oxygens (including phenoxy) is 1. The molecular weight excluding hydrogens is 364 g/mol. The van der Waals surface area contributed by atoms with Crippen molar-refractivity contribution in [2.75, 3.05) is 18.2 Å². The number of rotatable bonds is 7. The van der Waals surface area contributed by atoms with Gasteiger partial charge in [-0.05, 0) is 55.5 Å². The molecule has 0 spiro atoms. The highest BCUT2D eigenvalue weighted by atomic mass is 32.2. The van der Waals surface area contributed by atoms with Gasteiger partial charge in [-0.3, -0.25) is 14.7 Å². The third-order valence-corrected chi connectivity index (χ3v) is 4.58. The van der Waals surface area contributed by atoms with Gasteiger partial charge in [0.15, 0.2) is 11.6 Å². The third-order valence-electron chi connectivity index (χ3n) is 3.74. The lowest BCUT2D eigenvalue weighted by Crippen LogP contribution is -2.14. The standard InChI is InChI=1S/C19H18N4O3S/c1-12(24)13-3-7-15(8-4-13)20-17(25)11-27-19-21-18(22-23-19)14-5-9-16(26-2)10-6-14/h3-10H,11H2,1-2H3,(H,20,25)(H,21,22,23). The molecule has 0 bridgehead atoms. The minimum atomic E-state index is -0.175. The summed E-state index contributed by atoms with van der Waals surface area (Å²) in [5, 5.41) is 10.3. The molecule has 0 unspecified atom stereocenters. The first-order chi connectivity index (χ1) is 13.0. The number of aromatic amines is 1. The number of Topliss-reactive ketones (excluding diaryl/α,β-unsaturated/α-hetero) is 1. The van der Waals surface area contributed by atoms with Crippen LogP contribution in [0.3, 0.4) is 0 Å². The van der Waals surface area contributed by atoms with E-state index in [1.165, 1.54) is 18.7 Å². The first-order valence-corrected chi connectivity index (χ1v) is 9.14. The molecule has 0 aliphatic carbocycles. The van der Waals surface area contributed by atoms with Crippen molar-refractivity contribution in [2.45, 2.75) is 12.1 Å². The molecule has 3 rings (SSSR count). The van der Waals surface area contributed by atoms with Crippen LogP contribution in [0.5, 0.6) is 5.75 Å². The normalized spacial score (nSPS) is 10.4. The van der Waals surface area contributed by atoms with Crippen LogP contribution in [0.15, 0.2) is 53.7 Å². The zero-order chi connectivity index (χ0) is 19.2. The van der Waals surface area contributed by atoms with Gasteiger partial charge in [0, 0.05) is 16.8 Å². The van der Waals surface area contributed by atoms with Crippen LogP contribution in [0.25, 0.3) is 11.4 Å². The summed E-state index contributed by atoms with van der Waals surface area (Å²) in [5.74, 6) is 1.38. The molecule has 0 saturated heterocycles. The second-order valence-electron chi connectivity index (χ2n) is 5.67. The minimum Gasteiger partial charge on any atom is -0.497 e. The Balaban J connectivity index is 1.54. The highest BCUT2D eigenvalue weighted by molar-refractivity contribution is 7.99. The lowest BCUT2D eigenvalue weighted by atomic mass is 10.1. The average Bonchev–Trinajstić information content (AvgIpc) is 3.16. The number of ketones is 1. The Morgan fingerprint density at radius 3 is 2.44 bits per heavy atom. The molecule has 0 atom stereocenters. The van der Waals surface area contributed by atoms with Crippen molar-refractivity contribution in [3.63, 3.8) is 0 Å². The Hall–Kier alpha value is -3.13. The summed E-state index contributed by atoms with van der Waals surface area (Å²) in [6.07, 6.45) is 0. The minimum absolute atomic E-state index is 0.0132. The molecule has 2 N–H and O–H groups in total. The maximum atomic E-state index is 12.1. The van der Waals surface area contributed by atoms with Gasteiger partial charge >= 0.3 is 0 Å². The largest absolute Gasteiger partial charge is 0.497 e. The summed E-state index contributed by atoms with van der Waals surface area (Å²) in [6, 6.07) is 14.2. The SMILES string of the molecule is COc1ccc(-c2nc(SCC(=O)Nc3ccc(C(C)=O)cc3)n[nH]2)cc1. The van der Waals surface area contributed by atoms with Gasteiger partial charge in [-0.15, -0.1) is 5.10 Å². The van der Waals surface area contributed by atoms with E-state index in [4.69, 9.17) is 4.74 Å². The molecule has 1 heterocycles. The topological polar surface area (TPSA) is 97.0 Å². The van der Waals surface area contributed by atoms with E-state index in [1.54, 1.807) is 31.4 Å². The van der Waals surface area contributed by atoms with Gasteiger partial charge in [-0.2, -0.15) is 0 Å². The van der Waals surface area contributed by atoms with Crippen LogP contribution in [0.4, 0.5) is 5.69 Å². The van der Waals surface area contributed by atoms with Gasteiger partial charge in [0.1, 0.15) is 5.75 Å². The number of thioether (sulfide) groups is 1. The monoisotopic (exact) mass is 382 g/mol. The zero-order valence-corrected chi connectivity index (χ0v) is 15.7. The molecule has 2 aromatic carbocycles. The Morgan fingerprint density at radius 2 is 1.81 bits per heavy atom. The number of nitrogens with one attached hydrogen (secondary N) is 2. The summed E-state index contributed by atoms with van der Waals surface area (Å²) in [6.45, 7) is 1.50. The molecule has 0 radical (unpaired) electrons. The van der Waals surface area contributed by atoms with Crippen molar-refractivity contribution >= 4 is 29.1 Å². The van der Waals surface area contributed by atoms with Gasteiger partial charge < -0.3 is 10.1 Å². The van der Waals surface area contributed by atoms with Gasteiger partial charge in [-0.25, -0.2) is 4.98 Å². The second kappa shape index (κ2) is 8.50. The quantitative estimate of drug-likeness (QED) is 0.480. The number of nitrogens with zero attached hydrogens (tertiary/aromatic N) is 2. The van der Waals surface area contributed by atoms with Crippen LogP contribution in [0, 0.1) is 0 Å². The Bertz CT molecular complexity index is 936. The number of benzene rings is 2. The first kappa shape index (κ1) is 18.7. The van der Waals surface area contributed by atoms with E-state index >= 15 is 0 Å². The summed E-state index contributed by atoms with van der Waals surface area (Å²) < 4.78 is 5.13. The summed E-state index contributed by atoms with van der Waals surface area (Å²) in [7, 11) is 1.61. The zero-order valence-electron chi connectivity index (χ0n) is 14.9. The van der Waals surface area contributed by atoms with E-state index in [9.17, 15) is 9.59 Å². The van der Waals surface area contributed by atoms with Crippen molar-refractivity contribution < 1.29 is 14.3 Å². The van der Waals surface area contributed by atoms with Crippen molar-refractivity contribution in [3.8, 4) is 17.1 Å². The smallest absolute Gasteiger partial charge is 0.234 e. The molecule has 0 fully saturated rings. The number of aromatic nitrogens is 3. The number of carbonyl (C=O) groups is 2. The molecule has 3 aromatic rings. The van der Waals surface area contributed by atoms with Gasteiger partial charge in [0.05, 0.1) is 12.9 Å². The maximum absolute atomic E-state index is 12.1. The van der Waals surface area contributed by atoms with Crippen LogP contribution < -0.4 is 10.1 Å². The van der Waals surface area contributed by atoms with E-state index in [-0.39, 0.29) is 17.4 Å². The summed E-state index contributed by atoms with van der Waals surface area (Å²) in [5.41, 5.74) is 2.12. The molecule has 27 heavy (non-hydrogen) atoms. The van der Waals surface area contributed by atoms with Crippen LogP contribution >= 0.6 is 11.8 Å². The van der Waals surface area contributed by atoms with E-state index in [1.807, 2.05) is 24.3 Å². The summed E-state index contributed by atoms with van der Waals surface area (Å²) in [4.78, 5) is 27.7. The Labute approximate surface area is 160 Å². The van der Waals surface area contributed by atoms with Gasteiger partial charge in [-0.1, -0.05) is 11.8 Å².